The molecule has 24 heavy (non-hydrogen) atoms. The smallest absolute Gasteiger partial charge is 0.142 e. The van der Waals surface area contributed by atoms with Gasteiger partial charge < -0.3 is 5.73 Å². The minimum atomic E-state index is 0.245. The second-order valence-corrected chi connectivity index (χ2v) is 7.90. The average molecular weight is 319 g/mol. The second-order valence-electron chi connectivity index (χ2n) is 7.90. The summed E-state index contributed by atoms with van der Waals surface area (Å²) in [6.45, 7) is 8.98. The maximum atomic E-state index is 9.71. The number of nitrogen functional groups attached to an aromatic ring is 1. The van der Waals surface area contributed by atoms with Crippen LogP contribution in [0.3, 0.4) is 0 Å². The molecular formula is C21H25N3. The Bertz CT molecular complexity index is 822. The van der Waals surface area contributed by atoms with E-state index in [2.05, 4.69) is 50.9 Å². The van der Waals surface area contributed by atoms with Crippen molar-refractivity contribution in [3.63, 3.8) is 0 Å². The van der Waals surface area contributed by atoms with E-state index in [4.69, 9.17) is 5.73 Å². The maximum absolute atomic E-state index is 9.71. The van der Waals surface area contributed by atoms with Crippen LogP contribution in [-0.2, 0) is 12.8 Å². The van der Waals surface area contributed by atoms with Crippen molar-refractivity contribution in [2.75, 3.05) is 5.73 Å². The largest absolute Gasteiger partial charge is 0.383 e. The molecular weight excluding hydrogens is 294 g/mol. The molecule has 1 aliphatic carbocycles. The molecule has 0 fully saturated rings. The molecule has 124 valence electrons. The van der Waals surface area contributed by atoms with Gasteiger partial charge in [0.05, 0.1) is 0 Å². The summed E-state index contributed by atoms with van der Waals surface area (Å²) in [5, 5.41) is 9.71. The number of pyridine rings is 1. The van der Waals surface area contributed by atoms with E-state index in [0.29, 0.717) is 17.3 Å². The predicted octanol–water partition coefficient (Wildman–Crippen LogP) is 4.66. The van der Waals surface area contributed by atoms with Crippen molar-refractivity contribution in [3.05, 3.63) is 46.6 Å². The highest BCUT2D eigenvalue weighted by Crippen LogP contribution is 2.42. The van der Waals surface area contributed by atoms with Gasteiger partial charge >= 0.3 is 0 Å². The molecule has 2 N–H and O–H groups in total. The number of nitrogens with two attached hydrogens (primary N) is 1. The zero-order valence-electron chi connectivity index (χ0n) is 15.0. The van der Waals surface area contributed by atoms with Gasteiger partial charge in [-0.25, -0.2) is 4.98 Å². The van der Waals surface area contributed by atoms with Crippen LogP contribution in [0.2, 0.25) is 0 Å². The van der Waals surface area contributed by atoms with Gasteiger partial charge in [-0.15, -0.1) is 0 Å². The van der Waals surface area contributed by atoms with Crippen molar-refractivity contribution < 1.29 is 0 Å². The Morgan fingerprint density at radius 1 is 1.25 bits per heavy atom. The Morgan fingerprint density at radius 3 is 2.58 bits per heavy atom. The fourth-order valence-corrected chi connectivity index (χ4v) is 3.78. The van der Waals surface area contributed by atoms with E-state index in [0.717, 1.165) is 36.1 Å². The summed E-state index contributed by atoms with van der Waals surface area (Å²) >= 11 is 0. The van der Waals surface area contributed by atoms with Gasteiger partial charge in [0.25, 0.3) is 0 Å². The first-order valence-corrected chi connectivity index (χ1v) is 8.60. The third-order valence-electron chi connectivity index (χ3n) is 5.34. The summed E-state index contributed by atoms with van der Waals surface area (Å²) in [5.41, 5.74) is 12.5. The van der Waals surface area contributed by atoms with E-state index in [1.54, 1.807) is 0 Å². The Morgan fingerprint density at radius 2 is 1.96 bits per heavy atom. The first-order valence-electron chi connectivity index (χ1n) is 8.60. The number of hydrogen-bond acceptors (Lipinski definition) is 3. The number of aryl methyl sites for hydroxylation is 2. The lowest BCUT2D eigenvalue weighted by atomic mass is 9.70. The molecule has 2 aromatic rings. The molecule has 3 heteroatoms. The standard InChI is InChI=1S/C21H25N3/c1-13-7-5-6-8-15(13)19-16-11-14(21(2,3)4)9-10-18(16)24-20(23)17(19)12-22/h5-8,14H,9-11H2,1-4H3,(H2,23,24). The molecule has 3 rings (SSSR count). The van der Waals surface area contributed by atoms with E-state index in [1.165, 1.54) is 11.1 Å². The van der Waals surface area contributed by atoms with Gasteiger partial charge in [0, 0.05) is 11.3 Å². The van der Waals surface area contributed by atoms with Crippen LogP contribution >= 0.6 is 0 Å². The van der Waals surface area contributed by atoms with Crippen molar-refractivity contribution in [2.45, 2.75) is 47.0 Å². The van der Waals surface area contributed by atoms with Crippen LogP contribution in [0.15, 0.2) is 24.3 Å². The SMILES string of the molecule is Cc1ccccc1-c1c(C#N)c(N)nc2c1CC(C(C)(C)C)CC2. The Labute approximate surface area is 144 Å². The molecule has 0 saturated heterocycles. The van der Waals surface area contributed by atoms with Crippen LogP contribution in [0.1, 0.15) is 49.6 Å². The van der Waals surface area contributed by atoms with Gasteiger partial charge in [0.2, 0.25) is 0 Å². The number of nitrogens with zero attached hydrogens (tertiary/aromatic N) is 2. The minimum Gasteiger partial charge on any atom is -0.383 e. The van der Waals surface area contributed by atoms with Crippen molar-refractivity contribution in [2.24, 2.45) is 11.3 Å². The molecule has 0 saturated carbocycles. The lowest BCUT2D eigenvalue weighted by molar-refractivity contribution is 0.215. The normalized spacial score (nSPS) is 17.2. The predicted molar refractivity (Wildman–Crippen MR) is 98.5 cm³/mol. The third-order valence-corrected chi connectivity index (χ3v) is 5.34. The lowest BCUT2D eigenvalue weighted by Crippen LogP contribution is -2.28. The average Bonchev–Trinajstić information content (AvgIpc) is 2.53. The molecule has 1 aromatic carbocycles. The number of rotatable bonds is 1. The molecule has 1 aliphatic rings. The fourth-order valence-electron chi connectivity index (χ4n) is 3.78. The Balaban J connectivity index is 2.26. The van der Waals surface area contributed by atoms with Gasteiger partial charge in [0.1, 0.15) is 17.5 Å². The zero-order chi connectivity index (χ0) is 17.5. The van der Waals surface area contributed by atoms with E-state index in [9.17, 15) is 5.26 Å². The monoisotopic (exact) mass is 319 g/mol. The molecule has 1 unspecified atom stereocenters. The summed E-state index contributed by atoms with van der Waals surface area (Å²) in [4.78, 5) is 4.57. The van der Waals surface area contributed by atoms with Crippen LogP contribution in [0.25, 0.3) is 11.1 Å². The van der Waals surface area contributed by atoms with Crippen LogP contribution in [-0.4, -0.2) is 4.98 Å². The highest BCUT2D eigenvalue weighted by atomic mass is 14.9. The molecule has 3 nitrogen and oxygen atoms in total. The molecule has 0 spiro atoms. The van der Waals surface area contributed by atoms with Crippen LogP contribution in [0, 0.1) is 29.6 Å². The highest BCUT2D eigenvalue weighted by Gasteiger charge is 2.32. The molecule has 1 aromatic heterocycles. The fraction of sp³-hybridized carbons (Fsp3) is 0.429. The van der Waals surface area contributed by atoms with Gasteiger partial charge in [-0.2, -0.15) is 5.26 Å². The summed E-state index contributed by atoms with van der Waals surface area (Å²) in [5.74, 6) is 0.952. The number of benzene rings is 1. The van der Waals surface area contributed by atoms with Crippen LogP contribution < -0.4 is 5.73 Å². The minimum absolute atomic E-state index is 0.245. The summed E-state index contributed by atoms with van der Waals surface area (Å²) in [6.07, 6.45) is 3.03. The number of aromatic nitrogens is 1. The van der Waals surface area contributed by atoms with E-state index >= 15 is 0 Å². The Kier molecular flexibility index (Phi) is 4.09. The second kappa shape index (κ2) is 5.94. The van der Waals surface area contributed by atoms with Gasteiger partial charge in [-0.3, -0.25) is 0 Å². The van der Waals surface area contributed by atoms with Crippen molar-refractivity contribution in [1.82, 2.24) is 4.98 Å². The van der Waals surface area contributed by atoms with Gasteiger partial charge in [0.15, 0.2) is 0 Å². The number of fused-ring (bicyclic) bond motifs is 1. The Hall–Kier alpha value is -2.34. The number of anilines is 1. The maximum Gasteiger partial charge on any atom is 0.142 e. The highest BCUT2D eigenvalue weighted by molar-refractivity contribution is 5.81. The van der Waals surface area contributed by atoms with E-state index in [1.807, 2.05) is 12.1 Å². The van der Waals surface area contributed by atoms with Crippen molar-refractivity contribution in [3.8, 4) is 17.2 Å². The number of hydrogen-bond donors (Lipinski definition) is 1. The van der Waals surface area contributed by atoms with Crippen molar-refractivity contribution >= 4 is 5.82 Å². The van der Waals surface area contributed by atoms with E-state index in [-0.39, 0.29) is 5.41 Å². The molecule has 0 aliphatic heterocycles. The molecule has 0 bridgehead atoms. The first kappa shape index (κ1) is 16.5. The zero-order valence-corrected chi connectivity index (χ0v) is 15.0. The molecule has 0 radical (unpaired) electrons. The summed E-state index contributed by atoms with van der Waals surface area (Å²) in [7, 11) is 0. The van der Waals surface area contributed by atoms with E-state index < -0.39 is 0 Å². The topological polar surface area (TPSA) is 62.7 Å². The summed E-state index contributed by atoms with van der Waals surface area (Å²) in [6, 6.07) is 10.5. The lowest BCUT2D eigenvalue weighted by Gasteiger charge is -2.36. The van der Waals surface area contributed by atoms with Gasteiger partial charge in [-0.1, -0.05) is 45.0 Å². The summed E-state index contributed by atoms with van der Waals surface area (Å²) < 4.78 is 0. The molecule has 0 amide bonds. The molecule has 1 atom stereocenters. The quantitative estimate of drug-likeness (QED) is 0.831. The number of nitriles is 1. The third kappa shape index (κ3) is 2.78. The van der Waals surface area contributed by atoms with Crippen LogP contribution in [0.4, 0.5) is 5.82 Å². The molecule has 1 heterocycles. The van der Waals surface area contributed by atoms with Crippen LogP contribution in [0.5, 0.6) is 0 Å². The van der Waals surface area contributed by atoms with Crippen molar-refractivity contribution in [1.29, 1.82) is 5.26 Å². The first-order chi connectivity index (χ1) is 11.3. The van der Waals surface area contributed by atoms with Gasteiger partial charge in [-0.05, 0) is 54.2 Å².